The van der Waals surface area contributed by atoms with Gasteiger partial charge in [-0.3, -0.25) is 20.9 Å². The number of morpholine rings is 1. The van der Waals surface area contributed by atoms with Crippen LogP contribution < -0.4 is 20.7 Å². The molecule has 3 unspecified atom stereocenters. The molecule has 8 nitrogen and oxygen atoms in total. The molecule has 4 atom stereocenters. The van der Waals surface area contributed by atoms with Crippen molar-refractivity contribution in [3.63, 3.8) is 0 Å². The third-order valence-corrected chi connectivity index (χ3v) is 8.60. The van der Waals surface area contributed by atoms with Crippen LogP contribution in [0.3, 0.4) is 0 Å². The zero-order valence-electron chi connectivity index (χ0n) is 20.5. The van der Waals surface area contributed by atoms with Gasteiger partial charge in [0.15, 0.2) is 6.17 Å². The van der Waals surface area contributed by atoms with E-state index in [0.29, 0.717) is 31.9 Å². The maximum atomic E-state index is 15.8. The Hall–Kier alpha value is -2.13. The Morgan fingerprint density at radius 3 is 2.39 bits per heavy atom. The Morgan fingerprint density at radius 1 is 1.03 bits per heavy atom. The van der Waals surface area contributed by atoms with Crippen LogP contribution in [-0.2, 0) is 27.5 Å². The molecular weight excluding hydrogens is 526 g/mol. The SMILES string of the molecule is O=S(=O)(NC1CC1)c1ccc(CNC2NCNC(N3CCOC[C@@H]3c3ccc(C(F)(F)F)cc3)C2F)cc1. The van der Waals surface area contributed by atoms with E-state index in [4.69, 9.17) is 4.74 Å². The average Bonchev–Trinajstić information content (AvgIpc) is 3.71. The second-order valence-electron chi connectivity index (χ2n) is 9.82. The molecule has 0 bridgehead atoms. The van der Waals surface area contributed by atoms with Gasteiger partial charge in [-0.2, -0.15) is 13.2 Å². The minimum atomic E-state index is -4.43. The van der Waals surface area contributed by atoms with Crippen molar-refractivity contribution in [3.05, 3.63) is 65.2 Å². The van der Waals surface area contributed by atoms with Crippen molar-refractivity contribution in [2.75, 3.05) is 26.4 Å². The van der Waals surface area contributed by atoms with Crippen LogP contribution in [0.5, 0.6) is 0 Å². The molecule has 2 aromatic carbocycles. The van der Waals surface area contributed by atoms with Crippen molar-refractivity contribution in [2.45, 2.75) is 61.0 Å². The standard InChI is InChI=1S/C25H31F4N5O3S/c26-22-23(30-13-16-1-9-20(10-2-16)38(35,36)33-19-7-8-19)31-15-32-24(22)34-11-12-37-14-21(34)17-3-5-18(6-4-17)25(27,28)29/h1-6,9-10,19,21-24,30-33H,7-8,11-15H2/t21-,22?,23?,24?/m1/s1. The average molecular weight is 558 g/mol. The molecule has 208 valence electrons. The first-order valence-electron chi connectivity index (χ1n) is 12.6. The van der Waals surface area contributed by atoms with Crippen molar-refractivity contribution in [1.82, 2.24) is 25.6 Å². The Bertz CT molecular complexity index is 1190. The fourth-order valence-corrected chi connectivity index (χ4v) is 6.11. The maximum Gasteiger partial charge on any atom is 0.416 e. The maximum absolute atomic E-state index is 15.8. The van der Waals surface area contributed by atoms with E-state index in [2.05, 4.69) is 20.7 Å². The number of ether oxygens (including phenoxy) is 1. The van der Waals surface area contributed by atoms with Crippen LogP contribution in [0, 0.1) is 0 Å². The predicted octanol–water partition coefficient (Wildman–Crippen LogP) is 2.45. The van der Waals surface area contributed by atoms with Crippen LogP contribution in [0.2, 0.25) is 0 Å². The minimum Gasteiger partial charge on any atom is -0.378 e. The molecule has 2 aromatic rings. The van der Waals surface area contributed by atoms with Gasteiger partial charge in [0, 0.05) is 25.8 Å². The van der Waals surface area contributed by atoms with E-state index in [-0.39, 0.29) is 17.5 Å². The van der Waals surface area contributed by atoms with E-state index in [9.17, 15) is 21.6 Å². The summed E-state index contributed by atoms with van der Waals surface area (Å²) in [4.78, 5) is 2.09. The lowest BCUT2D eigenvalue weighted by molar-refractivity contribution is -0.137. The van der Waals surface area contributed by atoms with E-state index < -0.39 is 46.3 Å². The fraction of sp³-hybridized carbons (Fsp3) is 0.520. The summed E-state index contributed by atoms with van der Waals surface area (Å²) in [6.07, 6.45) is -5.50. The van der Waals surface area contributed by atoms with Crippen molar-refractivity contribution in [1.29, 1.82) is 0 Å². The molecule has 2 aliphatic heterocycles. The van der Waals surface area contributed by atoms with Crippen LogP contribution in [0.1, 0.15) is 35.6 Å². The molecule has 38 heavy (non-hydrogen) atoms. The van der Waals surface area contributed by atoms with Gasteiger partial charge in [-0.15, -0.1) is 0 Å². The molecule has 0 radical (unpaired) electrons. The van der Waals surface area contributed by atoms with E-state index in [0.717, 1.165) is 30.5 Å². The van der Waals surface area contributed by atoms with Gasteiger partial charge in [-0.25, -0.2) is 17.5 Å². The summed E-state index contributed by atoms with van der Waals surface area (Å²) in [7, 11) is -3.54. The van der Waals surface area contributed by atoms with Crippen molar-refractivity contribution in [3.8, 4) is 0 Å². The van der Waals surface area contributed by atoms with Gasteiger partial charge in [-0.05, 0) is 48.2 Å². The molecule has 1 saturated carbocycles. The molecule has 2 saturated heterocycles. The molecule has 0 spiro atoms. The van der Waals surface area contributed by atoms with Crippen LogP contribution in [-0.4, -0.2) is 64.3 Å². The van der Waals surface area contributed by atoms with Gasteiger partial charge < -0.3 is 4.74 Å². The third-order valence-electron chi connectivity index (χ3n) is 7.06. The first kappa shape index (κ1) is 27.4. The summed E-state index contributed by atoms with van der Waals surface area (Å²) in [6.45, 7) is 1.68. The van der Waals surface area contributed by atoms with Gasteiger partial charge in [0.25, 0.3) is 0 Å². The highest BCUT2D eigenvalue weighted by molar-refractivity contribution is 7.89. The number of hydrogen-bond donors (Lipinski definition) is 4. The number of halogens is 4. The van der Waals surface area contributed by atoms with Crippen LogP contribution in [0.4, 0.5) is 17.6 Å². The molecule has 3 fully saturated rings. The summed E-state index contributed by atoms with van der Waals surface area (Å²) in [6, 6.07) is 11.0. The number of hydrogen-bond acceptors (Lipinski definition) is 7. The third kappa shape index (κ3) is 6.36. The Kier molecular flexibility index (Phi) is 8.06. The highest BCUT2D eigenvalue weighted by Crippen LogP contribution is 2.33. The molecule has 13 heteroatoms. The van der Waals surface area contributed by atoms with Crippen LogP contribution >= 0.6 is 0 Å². The highest BCUT2D eigenvalue weighted by atomic mass is 32.2. The predicted molar refractivity (Wildman–Crippen MR) is 132 cm³/mol. The first-order chi connectivity index (χ1) is 18.1. The zero-order valence-corrected chi connectivity index (χ0v) is 21.4. The van der Waals surface area contributed by atoms with E-state index in [1.165, 1.54) is 24.3 Å². The molecule has 0 amide bonds. The molecule has 4 N–H and O–H groups in total. The monoisotopic (exact) mass is 557 g/mol. The van der Waals surface area contributed by atoms with Gasteiger partial charge in [0.05, 0.1) is 42.0 Å². The summed E-state index contributed by atoms with van der Waals surface area (Å²) in [5.74, 6) is 0. The lowest BCUT2D eigenvalue weighted by Gasteiger charge is -2.46. The summed E-state index contributed by atoms with van der Waals surface area (Å²) in [5.41, 5.74) is 0.691. The largest absolute Gasteiger partial charge is 0.416 e. The van der Waals surface area contributed by atoms with Gasteiger partial charge in [0.1, 0.15) is 0 Å². The topological polar surface area (TPSA) is 94.7 Å². The van der Waals surface area contributed by atoms with E-state index in [1.54, 1.807) is 12.1 Å². The smallest absolute Gasteiger partial charge is 0.378 e. The normalized spacial score (nSPS) is 27.4. The number of sulfonamides is 1. The summed E-state index contributed by atoms with van der Waals surface area (Å²) < 4.78 is 87.7. The number of alkyl halides is 4. The molecular formula is C25H31F4N5O3S. The van der Waals surface area contributed by atoms with E-state index >= 15 is 4.39 Å². The number of benzene rings is 2. The molecule has 0 aromatic heterocycles. The highest BCUT2D eigenvalue weighted by Gasteiger charge is 2.41. The Balaban J connectivity index is 1.22. The molecule has 5 rings (SSSR count). The van der Waals surface area contributed by atoms with Crippen molar-refractivity contribution >= 4 is 10.0 Å². The zero-order chi connectivity index (χ0) is 26.9. The summed E-state index contributed by atoms with van der Waals surface area (Å²) in [5, 5.41) is 9.36. The second-order valence-corrected chi connectivity index (χ2v) is 11.5. The number of rotatable bonds is 8. The van der Waals surface area contributed by atoms with Crippen molar-refractivity contribution in [2.24, 2.45) is 0 Å². The lowest BCUT2D eigenvalue weighted by Crippen LogP contribution is -2.69. The van der Waals surface area contributed by atoms with Gasteiger partial charge in [-0.1, -0.05) is 24.3 Å². The number of nitrogens with one attached hydrogen (secondary N) is 4. The fourth-order valence-electron chi connectivity index (χ4n) is 4.80. The Labute approximate surface area is 219 Å². The van der Waals surface area contributed by atoms with Crippen LogP contribution in [0.25, 0.3) is 0 Å². The van der Waals surface area contributed by atoms with Gasteiger partial charge in [0.2, 0.25) is 10.0 Å². The van der Waals surface area contributed by atoms with Crippen molar-refractivity contribution < 1.29 is 30.7 Å². The molecule has 2 heterocycles. The second kappa shape index (κ2) is 11.2. The van der Waals surface area contributed by atoms with Crippen LogP contribution in [0.15, 0.2) is 53.4 Å². The van der Waals surface area contributed by atoms with E-state index in [1.807, 2.05) is 4.90 Å². The molecule has 3 aliphatic rings. The number of nitrogens with zero attached hydrogens (tertiary/aromatic N) is 1. The Morgan fingerprint density at radius 2 is 1.74 bits per heavy atom. The summed E-state index contributed by atoms with van der Waals surface area (Å²) >= 11 is 0. The van der Waals surface area contributed by atoms with Gasteiger partial charge >= 0.3 is 6.18 Å². The quantitative estimate of drug-likeness (QED) is 0.371. The molecule has 1 aliphatic carbocycles. The minimum absolute atomic E-state index is 0.0204. The first-order valence-corrected chi connectivity index (χ1v) is 14.1. The lowest BCUT2D eigenvalue weighted by atomic mass is 10.0.